The van der Waals surface area contributed by atoms with Gasteiger partial charge >= 0.3 is 0 Å². The smallest absolute Gasteiger partial charge is 0.119 e. The summed E-state index contributed by atoms with van der Waals surface area (Å²) in [6.07, 6.45) is -0.518. The Morgan fingerprint density at radius 2 is 2.21 bits per heavy atom. The summed E-state index contributed by atoms with van der Waals surface area (Å²) in [6, 6.07) is 9.65. The number of hydrogen-bond donors (Lipinski definition) is 2. The Balaban J connectivity index is 1.87. The van der Waals surface area contributed by atoms with E-state index in [2.05, 4.69) is 23.7 Å². The molecular formula is C15H19NO2S. The number of aliphatic hydroxyl groups is 1. The predicted octanol–water partition coefficient (Wildman–Crippen LogP) is 2.89. The number of thiophene rings is 1. The summed E-state index contributed by atoms with van der Waals surface area (Å²) in [5.41, 5.74) is 2.17. The molecule has 1 heterocycles. The highest BCUT2D eigenvalue weighted by Gasteiger charge is 2.08. The Morgan fingerprint density at radius 1 is 1.37 bits per heavy atom. The van der Waals surface area contributed by atoms with Crippen LogP contribution in [0.25, 0.3) is 0 Å². The molecule has 0 fully saturated rings. The van der Waals surface area contributed by atoms with Gasteiger partial charge in [-0.2, -0.15) is 0 Å². The van der Waals surface area contributed by atoms with Crippen molar-refractivity contribution in [2.45, 2.75) is 19.6 Å². The highest BCUT2D eigenvalue weighted by atomic mass is 32.1. The first-order chi connectivity index (χ1) is 9.20. The Bertz CT molecular complexity index is 524. The zero-order chi connectivity index (χ0) is 13.7. The van der Waals surface area contributed by atoms with Gasteiger partial charge in [-0.05, 0) is 41.6 Å². The van der Waals surface area contributed by atoms with Crippen LogP contribution in [0, 0.1) is 6.92 Å². The molecule has 0 aliphatic rings. The van der Waals surface area contributed by atoms with Crippen molar-refractivity contribution in [3.8, 4) is 5.75 Å². The number of methoxy groups -OCH3 is 1. The number of aliphatic hydroxyl groups excluding tert-OH is 1. The fraction of sp³-hybridized carbons (Fsp3) is 0.333. The van der Waals surface area contributed by atoms with E-state index in [-0.39, 0.29) is 0 Å². The maximum atomic E-state index is 10.1. The monoisotopic (exact) mass is 277 g/mol. The Kier molecular flexibility index (Phi) is 4.96. The first-order valence-electron chi connectivity index (χ1n) is 6.26. The standard InChI is InChI=1S/C15H19NO2S/c1-11-6-7-19-15(11)10-16-9-14(17)12-4-3-5-13(8-12)18-2/h3-8,14,16-17H,9-10H2,1-2H3. The molecule has 2 N–H and O–H groups in total. The number of nitrogens with one attached hydrogen (secondary N) is 1. The summed E-state index contributed by atoms with van der Waals surface area (Å²) in [7, 11) is 1.63. The summed E-state index contributed by atoms with van der Waals surface area (Å²) >= 11 is 1.74. The van der Waals surface area contributed by atoms with Crippen LogP contribution in [0.4, 0.5) is 0 Å². The van der Waals surface area contributed by atoms with E-state index in [1.165, 1.54) is 10.4 Å². The Hall–Kier alpha value is -1.36. The first kappa shape index (κ1) is 14.1. The van der Waals surface area contributed by atoms with Gasteiger partial charge in [-0.1, -0.05) is 12.1 Å². The van der Waals surface area contributed by atoms with E-state index in [1.54, 1.807) is 18.4 Å². The summed E-state index contributed by atoms with van der Waals surface area (Å²) < 4.78 is 5.15. The number of aryl methyl sites for hydroxylation is 1. The zero-order valence-electron chi connectivity index (χ0n) is 11.2. The molecule has 0 aliphatic carbocycles. The molecule has 3 nitrogen and oxygen atoms in total. The lowest BCUT2D eigenvalue weighted by molar-refractivity contribution is 0.174. The molecule has 4 heteroatoms. The Morgan fingerprint density at radius 3 is 2.89 bits per heavy atom. The summed E-state index contributed by atoms with van der Waals surface area (Å²) in [5, 5.41) is 15.5. The van der Waals surface area contributed by atoms with Gasteiger partial charge in [0.25, 0.3) is 0 Å². The van der Waals surface area contributed by atoms with Gasteiger partial charge in [-0.3, -0.25) is 0 Å². The molecule has 2 aromatic rings. The predicted molar refractivity (Wildman–Crippen MR) is 78.7 cm³/mol. The molecule has 0 amide bonds. The van der Waals surface area contributed by atoms with Crippen LogP contribution in [0.2, 0.25) is 0 Å². The van der Waals surface area contributed by atoms with Gasteiger partial charge in [0.1, 0.15) is 5.75 Å². The Labute approximate surface area is 117 Å². The third-order valence-electron chi connectivity index (χ3n) is 3.07. The number of rotatable bonds is 6. The second kappa shape index (κ2) is 6.70. The van der Waals surface area contributed by atoms with Crippen molar-refractivity contribution in [1.29, 1.82) is 0 Å². The van der Waals surface area contributed by atoms with Crippen LogP contribution in [0.3, 0.4) is 0 Å². The van der Waals surface area contributed by atoms with Crippen molar-refractivity contribution in [3.05, 3.63) is 51.7 Å². The maximum absolute atomic E-state index is 10.1. The van der Waals surface area contributed by atoms with Crippen molar-refractivity contribution in [2.24, 2.45) is 0 Å². The second-order valence-electron chi connectivity index (χ2n) is 4.45. The van der Waals surface area contributed by atoms with Gasteiger partial charge in [0.2, 0.25) is 0 Å². The van der Waals surface area contributed by atoms with Crippen molar-refractivity contribution in [3.63, 3.8) is 0 Å². The second-order valence-corrected chi connectivity index (χ2v) is 5.45. The van der Waals surface area contributed by atoms with E-state index in [9.17, 15) is 5.11 Å². The third-order valence-corrected chi connectivity index (χ3v) is 4.09. The minimum absolute atomic E-state index is 0.518. The van der Waals surface area contributed by atoms with E-state index >= 15 is 0 Å². The molecule has 0 saturated carbocycles. The number of benzene rings is 1. The molecule has 1 aromatic heterocycles. The largest absolute Gasteiger partial charge is 0.497 e. The number of ether oxygens (including phenoxy) is 1. The lowest BCUT2D eigenvalue weighted by atomic mass is 10.1. The lowest BCUT2D eigenvalue weighted by Gasteiger charge is -2.13. The molecule has 0 saturated heterocycles. The topological polar surface area (TPSA) is 41.5 Å². The third kappa shape index (κ3) is 3.80. The van der Waals surface area contributed by atoms with Crippen LogP contribution in [0.1, 0.15) is 22.1 Å². The normalized spacial score (nSPS) is 12.4. The van der Waals surface area contributed by atoms with E-state index < -0.39 is 6.10 Å². The fourth-order valence-electron chi connectivity index (χ4n) is 1.87. The average molecular weight is 277 g/mol. The van der Waals surface area contributed by atoms with Gasteiger partial charge < -0.3 is 15.2 Å². The van der Waals surface area contributed by atoms with Crippen LogP contribution in [0.15, 0.2) is 35.7 Å². The van der Waals surface area contributed by atoms with Crippen LogP contribution in [-0.4, -0.2) is 18.8 Å². The van der Waals surface area contributed by atoms with Gasteiger partial charge in [0.05, 0.1) is 13.2 Å². The molecular weight excluding hydrogens is 258 g/mol. The van der Waals surface area contributed by atoms with E-state index in [0.29, 0.717) is 6.54 Å². The molecule has 0 spiro atoms. The summed E-state index contributed by atoms with van der Waals surface area (Å²) in [4.78, 5) is 1.32. The molecule has 1 unspecified atom stereocenters. The molecule has 1 aromatic carbocycles. The van der Waals surface area contributed by atoms with Gasteiger partial charge in [-0.25, -0.2) is 0 Å². The molecule has 0 aliphatic heterocycles. The average Bonchev–Trinajstić information content (AvgIpc) is 2.84. The van der Waals surface area contributed by atoms with Crippen molar-refractivity contribution in [1.82, 2.24) is 5.32 Å². The quantitative estimate of drug-likeness (QED) is 0.853. The van der Waals surface area contributed by atoms with E-state index in [4.69, 9.17) is 4.74 Å². The van der Waals surface area contributed by atoms with Crippen molar-refractivity contribution >= 4 is 11.3 Å². The fourth-order valence-corrected chi connectivity index (χ4v) is 2.75. The van der Waals surface area contributed by atoms with Crippen molar-refractivity contribution in [2.75, 3.05) is 13.7 Å². The van der Waals surface area contributed by atoms with Gasteiger partial charge in [-0.15, -0.1) is 11.3 Å². The molecule has 0 radical (unpaired) electrons. The van der Waals surface area contributed by atoms with Crippen LogP contribution >= 0.6 is 11.3 Å². The SMILES string of the molecule is COc1cccc(C(O)CNCc2sccc2C)c1. The molecule has 102 valence electrons. The molecule has 1 atom stereocenters. The van der Waals surface area contributed by atoms with Crippen LogP contribution < -0.4 is 10.1 Å². The minimum Gasteiger partial charge on any atom is -0.497 e. The molecule has 2 rings (SSSR count). The van der Waals surface area contributed by atoms with Gasteiger partial charge in [0.15, 0.2) is 0 Å². The first-order valence-corrected chi connectivity index (χ1v) is 7.14. The zero-order valence-corrected chi connectivity index (χ0v) is 12.0. The van der Waals surface area contributed by atoms with E-state index in [0.717, 1.165) is 17.9 Å². The molecule has 0 bridgehead atoms. The highest BCUT2D eigenvalue weighted by Crippen LogP contribution is 2.19. The highest BCUT2D eigenvalue weighted by molar-refractivity contribution is 7.10. The maximum Gasteiger partial charge on any atom is 0.119 e. The van der Waals surface area contributed by atoms with E-state index in [1.807, 2.05) is 24.3 Å². The van der Waals surface area contributed by atoms with Crippen LogP contribution in [-0.2, 0) is 6.54 Å². The van der Waals surface area contributed by atoms with Gasteiger partial charge in [0, 0.05) is 18.0 Å². The van der Waals surface area contributed by atoms with Crippen LogP contribution in [0.5, 0.6) is 5.75 Å². The summed E-state index contributed by atoms with van der Waals surface area (Å²) in [5.74, 6) is 0.769. The number of hydrogen-bond acceptors (Lipinski definition) is 4. The molecule has 19 heavy (non-hydrogen) atoms. The minimum atomic E-state index is -0.518. The van der Waals surface area contributed by atoms with Crippen molar-refractivity contribution < 1.29 is 9.84 Å². The lowest BCUT2D eigenvalue weighted by Crippen LogP contribution is -2.20. The summed E-state index contributed by atoms with van der Waals surface area (Å²) in [6.45, 7) is 3.43.